The van der Waals surface area contributed by atoms with E-state index in [2.05, 4.69) is 10.2 Å². The molecule has 4 saturated heterocycles. The summed E-state index contributed by atoms with van der Waals surface area (Å²) in [5.74, 6) is -0.972. The molecule has 4 aliphatic heterocycles. The maximum Gasteiger partial charge on any atom is 0.237 e. The average molecular weight is 441 g/mol. The van der Waals surface area contributed by atoms with Crippen LogP contribution in [0.15, 0.2) is 0 Å². The molecule has 0 spiro atoms. The van der Waals surface area contributed by atoms with Crippen LogP contribution >= 0.6 is 0 Å². The van der Waals surface area contributed by atoms with Crippen molar-refractivity contribution in [3.63, 3.8) is 0 Å². The predicted octanol–water partition coefficient (Wildman–Crippen LogP) is 0.130. The van der Waals surface area contributed by atoms with E-state index in [1.807, 2.05) is 6.07 Å². The number of hydrogen-bond acceptors (Lipinski definition) is 8. The van der Waals surface area contributed by atoms with Crippen LogP contribution in [0.1, 0.15) is 40.0 Å². The lowest BCUT2D eigenvalue weighted by Crippen LogP contribution is -2.49. The van der Waals surface area contributed by atoms with Gasteiger partial charge in [0.15, 0.2) is 12.1 Å². The summed E-state index contributed by atoms with van der Waals surface area (Å²) in [4.78, 5) is 16.1. The third-order valence-corrected chi connectivity index (χ3v) is 6.65. The fourth-order valence-corrected chi connectivity index (χ4v) is 5.04. The summed E-state index contributed by atoms with van der Waals surface area (Å²) >= 11 is 0. The molecule has 6 atom stereocenters. The molecule has 10 heteroatoms. The number of carbonyl (C=O) groups excluding carboxylic acids is 1. The molecule has 4 rings (SSSR count). The van der Waals surface area contributed by atoms with Gasteiger partial charge in [-0.1, -0.05) is 0 Å². The number of amides is 1. The number of halogens is 1. The Morgan fingerprint density at radius 2 is 2.00 bits per heavy atom. The monoisotopic (exact) mass is 440 g/mol. The first-order valence-corrected chi connectivity index (χ1v) is 11.1. The summed E-state index contributed by atoms with van der Waals surface area (Å²) in [6.45, 7) is 7.35. The van der Waals surface area contributed by atoms with Gasteiger partial charge in [-0.15, -0.1) is 0 Å². The number of ether oxygens (including phenoxy) is 3. The molecule has 0 aromatic rings. The minimum atomic E-state index is -1.50. The number of nitrogens with one attached hydrogen (secondary N) is 1. The number of aliphatic hydroxyl groups excluding tert-OH is 1. The second kappa shape index (κ2) is 8.54. The SMILES string of the molecule is CC1(C)O[C@H]2O[C@H](CN3CCC(NCC(=O)N4C[C@@](C)(F)C[C@H]4C#N)CC3)[C@H](O)[C@H]2O1. The van der Waals surface area contributed by atoms with Crippen LogP contribution in [0.25, 0.3) is 0 Å². The lowest BCUT2D eigenvalue weighted by Gasteiger charge is -2.35. The summed E-state index contributed by atoms with van der Waals surface area (Å²) in [7, 11) is 0. The van der Waals surface area contributed by atoms with E-state index in [0.29, 0.717) is 6.54 Å². The number of aliphatic hydroxyl groups is 1. The molecule has 174 valence electrons. The summed E-state index contributed by atoms with van der Waals surface area (Å²) in [5.41, 5.74) is -1.50. The molecule has 0 saturated carbocycles. The minimum absolute atomic E-state index is 0.0273. The number of likely N-dealkylation sites (tertiary alicyclic amines) is 2. The molecule has 0 unspecified atom stereocenters. The molecule has 4 fully saturated rings. The number of rotatable bonds is 5. The Hall–Kier alpha value is -1.35. The van der Waals surface area contributed by atoms with Gasteiger partial charge in [-0.25, -0.2) is 4.39 Å². The summed E-state index contributed by atoms with van der Waals surface area (Å²) in [6, 6.07) is 1.52. The molecule has 1 amide bonds. The maximum atomic E-state index is 14.2. The largest absolute Gasteiger partial charge is 0.387 e. The Bertz CT molecular complexity index is 721. The molecule has 0 radical (unpaired) electrons. The molecule has 0 aliphatic carbocycles. The van der Waals surface area contributed by atoms with Crippen LogP contribution in [0.5, 0.6) is 0 Å². The van der Waals surface area contributed by atoms with Crippen molar-refractivity contribution in [2.45, 2.75) is 88.2 Å². The van der Waals surface area contributed by atoms with Crippen molar-refractivity contribution in [2.24, 2.45) is 0 Å². The van der Waals surface area contributed by atoms with Crippen molar-refractivity contribution in [1.29, 1.82) is 5.26 Å². The first-order valence-electron chi connectivity index (χ1n) is 11.1. The number of piperidine rings is 1. The van der Waals surface area contributed by atoms with Gasteiger partial charge < -0.3 is 34.4 Å². The van der Waals surface area contributed by atoms with Crippen molar-refractivity contribution in [3.8, 4) is 6.07 Å². The average Bonchev–Trinajstić information content (AvgIpc) is 3.29. The highest BCUT2D eigenvalue weighted by Crippen LogP contribution is 2.37. The summed E-state index contributed by atoms with van der Waals surface area (Å²) in [5, 5.41) is 23.0. The topological polar surface area (TPSA) is 107 Å². The standard InChI is InChI=1S/C21H33FN4O5/c1-20(2)30-18-17(28)15(29-19(18)31-20)11-25-6-4-13(5-7-25)24-10-16(27)26-12-21(3,22)8-14(26)9-23/h13-15,17-19,24,28H,4-8,10-12H2,1-3H3/t14-,15+,17-,18+,19+,21-/m0/s1. The van der Waals surface area contributed by atoms with Gasteiger partial charge in [-0.05, 0) is 46.7 Å². The number of nitrogens with zero attached hydrogens (tertiary/aromatic N) is 3. The molecule has 0 aromatic carbocycles. The molecule has 0 bridgehead atoms. The minimum Gasteiger partial charge on any atom is -0.387 e. The van der Waals surface area contributed by atoms with Crippen LogP contribution < -0.4 is 5.32 Å². The second-order valence-corrected chi connectivity index (χ2v) is 9.87. The summed E-state index contributed by atoms with van der Waals surface area (Å²) in [6.07, 6.45) is -0.302. The number of nitriles is 1. The van der Waals surface area contributed by atoms with Gasteiger partial charge in [0.25, 0.3) is 0 Å². The first kappa shape index (κ1) is 22.8. The lowest BCUT2D eigenvalue weighted by atomic mass is 10.0. The van der Waals surface area contributed by atoms with Crippen LogP contribution in [0.2, 0.25) is 0 Å². The fourth-order valence-electron chi connectivity index (χ4n) is 5.04. The number of fused-ring (bicyclic) bond motifs is 1. The van der Waals surface area contributed by atoms with E-state index in [1.165, 1.54) is 11.8 Å². The molecular formula is C21H33FN4O5. The zero-order valence-corrected chi connectivity index (χ0v) is 18.4. The third kappa shape index (κ3) is 5.02. The fraction of sp³-hybridized carbons (Fsp3) is 0.905. The molecule has 9 nitrogen and oxygen atoms in total. The Balaban J connectivity index is 1.18. The van der Waals surface area contributed by atoms with E-state index in [0.717, 1.165) is 25.9 Å². The van der Waals surface area contributed by atoms with Crippen molar-refractivity contribution in [3.05, 3.63) is 0 Å². The lowest BCUT2D eigenvalue weighted by molar-refractivity contribution is -0.216. The molecule has 0 aromatic heterocycles. The Morgan fingerprint density at radius 3 is 2.65 bits per heavy atom. The van der Waals surface area contributed by atoms with Gasteiger partial charge in [-0.2, -0.15) is 5.26 Å². The number of hydrogen-bond donors (Lipinski definition) is 2. The van der Waals surface area contributed by atoms with E-state index in [9.17, 15) is 19.6 Å². The zero-order valence-electron chi connectivity index (χ0n) is 18.4. The third-order valence-electron chi connectivity index (χ3n) is 6.65. The predicted molar refractivity (Wildman–Crippen MR) is 107 cm³/mol. The number of carbonyl (C=O) groups is 1. The Labute approximate surface area is 182 Å². The van der Waals surface area contributed by atoms with Crippen molar-refractivity contribution < 1.29 is 28.5 Å². The van der Waals surface area contributed by atoms with Crippen molar-refractivity contribution in [1.82, 2.24) is 15.1 Å². The van der Waals surface area contributed by atoms with Crippen LogP contribution in [0, 0.1) is 11.3 Å². The Morgan fingerprint density at radius 1 is 1.29 bits per heavy atom. The van der Waals surface area contributed by atoms with Crippen molar-refractivity contribution >= 4 is 5.91 Å². The second-order valence-electron chi connectivity index (χ2n) is 9.87. The highest BCUT2D eigenvalue weighted by Gasteiger charge is 2.54. The molecular weight excluding hydrogens is 407 g/mol. The van der Waals surface area contributed by atoms with Crippen LogP contribution in [-0.2, 0) is 19.0 Å². The van der Waals surface area contributed by atoms with Crippen LogP contribution in [0.3, 0.4) is 0 Å². The highest BCUT2D eigenvalue weighted by molar-refractivity contribution is 5.79. The molecule has 4 heterocycles. The summed E-state index contributed by atoms with van der Waals surface area (Å²) < 4.78 is 31.5. The van der Waals surface area contributed by atoms with E-state index >= 15 is 0 Å². The van der Waals surface area contributed by atoms with E-state index in [4.69, 9.17) is 14.2 Å². The van der Waals surface area contributed by atoms with Gasteiger partial charge in [0.2, 0.25) is 5.91 Å². The maximum absolute atomic E-state index is 14.2. The quantitative estimate of drug-likeness (QED) is 0.621. The van der Waals surface area contributed by atoms with E-state index in [1.54, 1.807) is 13.8 Å². The van der Waals surface area contributed by atoms with Gasteiger partial charge >= 0.3 is 0 Å². The first-order chi connectivity index (χ1) is 14.6. The van der Waals surface area contributed by atoms with Gasteiger partial charge in [0, 0.05) is 19.0 Å². The van der Waals surface area contributed by atoms with E-state index in [-0.39, 0.29) is 37.6 Å². The highest BCUT2D eigenvalue weighted by atomic mass is 19.1. The number of alkyl halides is 1. The van der Waals surface area contributed by atoms with Crippen molar-refractivity contribution in [2.75, 3.05) is 32.7 Å². The van der Waals surface area contributed by atoms with E-state index < -0.39 is 36.0 Å². The zero-order chi connectivity index (χ0) is 22.4. The molecule has 2 N–H and O–H groups in total. The Kier molecular flexibility index (Phi) is 6.29. The smallest absolute Gasteiger partial charge is 0.237 e. The molecule has 31 heavy (non-hydrogen) atoms. The van der Waals surface area contributed by atoms with Crippen LogP contribution in [0.4, 0.5) is 4.39 Å². The normalized spacial score (nSPS) is 40.8. The van der Waals surface area contributed by atoms with Gasteiger partial charge in [0.1, 0.15) is 30.0 Å². The van der Waals surface area contributed by atoms with Gasteiger partial charge in [-0.3, -0.25) is 4.79 Å². The molecule has 4 aliphatic rings. The van der Waals surface area contributed by atoms with Crippen LogP contribution in [-0.4, -0.2) is 102 Å². The van der Waals surface area contributed by atoms with Gasteiger partial charge in [0.05, 0.1) is 19.2 Å².